The first-order valence-electron chi connectivity index (χ1n) is 10.7. The Morgan fingerprint density at radius 2 is 1.62 bits per heavy atom. The molecule has 2 aliphatic carbocycles. The minimum atomic E-state index is -1.66. The van der Waals surface area contributed by atoms with Gasteiger partial charge in [-0.3, -0.25) is 4.79 Å². The molecule has 1 fully saturated rings. The van der Waals surface area contributed by atoms with Crippen LogP contribution in [0.5, 0.6) is 0 Å². The van der Waals surface area contributed by atoms with Gasteiger partial charge < -0.3 is 25.6 Å². The van der Waals surface area contributed by atoms with E-state index in [-0.39, 0.29) is 25.5 Å². The normalized spacial score (nSPS) is 16.8. The lowest BCUT2D eigenvalue weighted by atomic mass is 9.74. The van der Waals surface area contributed by atoms with Crippen molar-refractivity contribution in [2.75, 3.05) is 13.2 Å². The number of carbonyl (C=O) groups is 3. The molecule has 0 saturated heterocycles. The van der Waals surface area contributed by atoms with Crippen molar-refractivity contribution in [2.24, 2.45) is 0 Å². The van der Waals surface area contributed by atoms with Crippen molar-refractivity contribution in [1.82, 2.24) is 10.6 Å². The van der Waals surface area contributed by atoms with Gasteiger partial charge in [-0.05, 0) is 41.5 Å². The molecule has 0 bridgehead atoms. The molecule has 168 valence electrons. The van der Waals surface area contributed by atoms with Crippen LogP contribution in [0.4, 0.5) is 4.79 Å². The summed E-state index contributed by atoms with van der Waals surface area (Å²) in [5, 5.41) is 23.2. The Kier molecular flexibility index (Phi) is 6.14. The van der Waals surface area contributed by atoms with E-state index < -0.39 is 29.6 Å². The Bertz CT molecular complexity index is 987. The number of carboxylic acid groups (broad SMARTS) is 1. The molecule has 8 nitrogen and oxygen atoms in total. The van der Waals surface area contributed by atoms with Crippen LogP contribution in [0, 0.1) is 0 Å². The second kappa shape index (κ2) is 9.00. The van der Waals surface area contributed by atoms with E-state index in [4.69, 9.17) is 9.84 Å². The number of alkyl carbamates (subject to hydrolysis) is 1. The average Bonchev–Trinajstić information content (AvgIpc) is 3.08. The summed E-state index contributed by atoms with van der Waals surface area (Å²) in [4.78, 5) is 35.5. The predicted octanol–water partition coefficient (Wildman–Crippen LogP) is 2.40. The molecular formula is C24H26N2O6. The number of aliphatic hydroxyl groups excluding tert-OH is 1. The zero-order chi connectivity index (χ0) is 22.7. The highest BCUT2D eigenvalue weighted by Gasteiger charge is 2.41. The number of amides is 2. The Balaban J connectivity index is 1.34. The quantitative estimate of drug-likeness (QED) is 0.502. The summed E-state index contributed by atoms with van der Waals surface area (Å²) in [5.74, 6) is -1.88. The molecule has 0 aliphatic heterocycles. The van der Waals surface area contributed by atoms with E-state index in [2.05, 4.69) is 22.8 Å². The van der Waals surface area contributed by atoms with E-state index in [0.29, 0.717) is 12.8 Å². The molecule has 0 aromatic heterocycles. The number of rotatable bonds is 8. The van der Waals surface area contributed by atoms with Gasteiger partial charge in [-0.25, -0.2) is 9.59 Å². The fraction of sp³-hybridized carbons (Fsp3) is 0.375. The Morgan fingerprint density at radius 1 is 1.03 bits per heavy atom. The molecular weight excluding hydrogens is 412 g/mol. The fourth-order valence-electron chi connectivity index (χ4n) is 4.47. The first-order valence-corrected chi connectivity index (χ1v) is 10.7. The van der Waals surface area contributed by atoms with Gasteiger partial charge in [-0.15, -0.1) is 0 Å². The minimum Gasteiger partial charge on any atom is -0.479 e. The van der Waals surface area contributed by atoms with Crippen LogP contribution in [-0.4, -0.2) is 53.0 Å². The van der Waals surface area contributed by atoms with Crippen molar-refractivity contribution in [3.63, 3.8) is 0 Å². The largest absolute Gasteiger partial charge is 0.479 e. The molecule has 2 amide bonds. The highest BCUT2D eigenvalue weighted by molar-refractivity contribution is 5.81. The summed E-state index contributed by atoms with van der Waals surface area (Å²) in [6.45, 7) is -0.192. The predicted molar refractivity (Wildman–Crippen MR) is 116 cm³/mol. The third-order valence-electron chi connectivity index (χ3n) is 6.30. The summed E-state index contributed by atoms with van der Waals surface area (Å²) in [5.41, 5.74) is 3.83. The fourth-order valence-corrected chi connectivity index (χ4v) is 4.47. The summed E-state index contributed by atoms with van der Waals surface area (Å²) in [6, 6.07) is 16.2. The average molecular weight is 438 g/mol. The van der Waals surface area contributed by atoms with Crippen LogP contribution in [0.25, 0.3) is 11.1 Å². The zero-order valence-electron chi connectivity index (χ0n) is 17.5. The molecule has 0 heterocycles. The van der Waals surface area contributed by atoms with Crippen molar-refractivity contribution in [1.29, 1.82) is 0 Å². The third-order valence-corrected chi connectivity index (χ3v) is 6.30. The molecule has 4 rings (SSSR count). The van der Waals surface area contributed by atoms with Crippen molar-refractivity contribution < 1.29 is 29.3 Å². The van der Waals surface area contributed by atoms with E-state index in [1.807, 2.05) is 36.4 Å². The molecule has 1 atom stereocenters. The van der Waals surface area contributed by atoms with Crippen LogP contribution in [0.1, 0.15) is 42.7 Å². The van der Waals surface area contributed by atoms with Crippen molar-refractivity contribution >= 4 is 18.0 Å². The lowest BCUT2D eigenvalue weighted by Crippen LogP contribution is -2.56. The number of ether oxygens (including phenoxy) is 1. The molecule has 1 saturated carbocycles. The molecule has 2 aromatic carbocycles. The summed E-state index contributed by atoms with van der Waals surface area (Å²) >= 11 is 0. The van der Waals surface area contributed by atoms with E-state index >= 15 is 0 Å². The molecule has 8 heteroatoms. The topological polar surface area (TPSA) is 125 Å². The lowest BCUT2D eigenvalue weighted by Gasteiger charge is -2.41. The number of fused-ring (bicyclic) bond motifs is 3. The molecule has 0 spiro atoms. The second-order valence-electron chi connectivity index (χ2n) is 8.42. The smallest absolute Gasteiger partial charge is 0.407 e. The van der Waals surface area contributed by atoms with Gasteiger partial charge in [0, 0.05) is 12.3 Å². The van der Waals surface area contributed by atoms with E-state index in [1.165, 1.54) is 0 Å². The molecule has 4 N–H and O–H groups in total. The zero-order valence-corrected chi connectivity index (χ0v) is 17.5. The Morgan fingerprint density at radius 3 is 2.16 bits per heavy atom. The molecule has 32 heavy (non-hydrogen) atoms. The number of carbonyl (C=O) groups excluding carboxylic acids is 2. The van der Waals surface area contributed by atoms with E-state index in [0.717, 1.165) is 28.7 Å². The molecule has 1 unspecified atom stereocenters. The van der Waals surface area contributed by atoms with Gasteiger partial charge >= 0.3 is 12.1 Å². The maximum absolute atomic E-state index is 12.6. The highest BCUT2D eigenvalue weighted by atomic mass is 16.5. The number of hydrogen-bond acceptors (Lipinski definition) is 5. The first kappa shape index (κ1) is 21.8. The maximum Gasteiger partial charge on any atom is 0.407 e. The van der Waals surface area contributed by atoms with Gasteiger partial charge in [0.05, 0.1) is 12.1 Å². The first-order chi connectivity index (χ1) is 15.4. The van der Waals surface area contributed by atoms with E-state index in [1.54, 1.807) is 0 Å². The number of aliphatic carboxylic acids is 1. The van der Waals surface area contributed by atoms with Crippen LogP contribution >= 0.6 is 0 Å². The highest BCUT2D eigenvalue weighted by Crippen LogP contribution is 2.44. The Labute approximate surface area is 185 Å². The molecule has 0 radical (unpaired) electrons. The number of carboxylic acids is 1. The van der Waals surface area contributed by atoms with Crippen molar-refractivity contribution in [2.45, 2.75) is 43.2 Å². The van der Waals surface area contributed by atoms with Crippen LogP contribution in [0.2, 0.25) is 0 Å². The summed E-state index contributed by atoms with van der Waals surface area (Å²) in [6.07, 6.45) is -0.104. The SMILES string of the molecule is O=C(CC1(NC(=O)OCC2c3ccccc3-c3ccccc32)CCC1)NCC(O)C(=O)O. The standard InChI is InChI=1S/C24H26N2O6/c27-20(22(29)30)13-25-21(28)12-24(10-5-11-24)26-23(31)32-14-19-17-8-3-1-6-15(17)16-7-2-4-9-18(16)19/h1-4,6-9,19-20,27H,5,10-14H2,(H,25,28)(H,26,31)(H,29,30). The van der Waals surface area contributed by atoms with Crippen LogP contribution < -0.4 is 10.6 Å². The van der Waals surface area contributed by atoms with E-state index in [9.17, 15) is 19.5 Å². The van der Waals surface area contributed by atoms with Gasteiger partial charge in [-0.2, -0.15) is 0 Å². The van der Waals surface area contributed by atoms with Crippen LogP contribution in [0.15, 0.2) is 48.5 Å². The summed E-state index contributed by atoms with van der Waals surface area (Å²) < 4.78 is 5.58. The van der Waals surface area contributed by atoms with Gasteiger partial charge in [0.1, 0.15) is 6.61 Å². The number of nitrogens with one attached hydrogen (secondary N) is 2. The van der Waals surface area contributed by atoms with Gasteiger partial charge in [-0.1, -0.05) is 48.5 Å². The molecule has 2 aromatic rings. The van der Waals surface area contributed by atoms with Crippen molar-refractivity contribution in [3.8, 4) is 11.1 Å². The number of hydrogen-bond donors (Lipinski definition) is 4. The van der Waals surface area contributed by atoms with Crippen molar-refractivity contribution in [3.05, 3.63) is 59.7 Å². The van der Waals surface area contributed by atoms with Gasteiger partial charge in [0.2, 0.25) is 5.91 Å². The Hall–Kier alpha value is -3.39. The number of benzene rings is 2. The van der Waals surface area contributed by atoms with Crippen LogP contribution in [-0.2, 0) is 14.3 Å². The maximum atomic E-state index is 12.6. The van der Waals surface area contributed by atoms with Gasteiger partial charge in [0.15, 0.2) is 6.10 Å². The third kappa shape index (κ3) is 4.45. The lowest BCUT2D eigenvalue weighted by molar-refractivity contribution is -0.146. The number of aliphatic hydroxyl groups is 1. The van der Waals surface area contributed by atoms with Crippen LogP contribution in [0.3, 0.4) is 0 Å². The molecule has 2 aliphatic rings. The van der Waals surface area contributed by atoms with Gasteiger partial charge in [0.25, 0.3) is 0 Å². The summed E-state index contributed by atoms with van der Waals surface area (Å²) in [7, 11) is 0. The minimum absolute atomic E-state index is 0.00351. The second-order valence-corrected chi connectivity index (χ2v) is 8.42. The monoisotopic (exact) mass is 438 g/mol.